The molecule has 114 valence electrons. The van der Waals surface area contributed by atoms with Crippen molar-refractivity contribution in [3.05, 3.63) is 12.2 Å². The van der Waals surface area contributed by atoms with Crippen LogP contribution in [0, 0.1) is 0 Å². The van der Waals surface area contributed by atoms with E-state index in [-0.39, 0.29) is 5.75 Å². The number of unbranched alkanes of at least 4 members (excludes halogenated alkanes) is 9. The van der Waals surface area contributed by atoms with Gasteiger partial charge < -0.3 is 0 Å². The van der Waals surface area contributed by atoms with Crippen LogP contribution < -0.4 is 0 Å². The van der Waals surface area contributed by atoms with Gasteiger partial charge in [-0.1, -0.05) is 64.0 Å². The van der Waals surface area contributed by atoms with E-state index in [1.54, 1.807) is 0 Å². The average molecular weight is 290 g/mol. The Labute approximate surface area is 119 Å². The largest absolute Gasteiger partial charge is 0.286 e. The molecule has 0 aliphatic rings. The van der Waals surface area contributed by atoms with E-state index < -0.39 is 10.1 Å². The van der Waals surface area contributed by atoms with E-state index in [0.29, 0.717) is 6.42 Å². The van der Waals surface area contributed by atoms with Crippen LogP contribution >= 0.6 is 0 Å². The molecular formula is C15H30O3S. The molecule has 0 spiro atoms. The molecule has 1 N–H and O–H groups in total. The predicted molar refractivity (Wildman–Crippen MR) is 82.0 cm³/mol. The highest BCUT2D eigenvalue weighted by Gasteiger charge is 2.02. The third-order valence-corrected chi connectivity index (χ3v) is 3.97. The molecule has 0 unspecified atom stereocenters. The molecule has 0 amide bonds. The predicted octanol–water partition coefficient (Wildman–Crippen LogP) is 4.74. The molecule has 0 radical (unpaired) electrons. The van der Waals surface area contributed by atoms with Crippen molar-refractivity contribution in [3.63, 3.8) is 0 Å². The highest BCUT2D eigenvalue weighted by atomic mass is 32.2. The monoisotopic (exact) mass is 290 g/mol. The van der Waals surface area contributed by atoms with Crippen LogP contribution in [-0.2, 0) is 10.1 Å². The van der Waals surface area contributed by atoms with Crippen molar-refractivity contribution in [1.82, 2.24) is 0 Å². The molecule has 0 rings (SSSR count). The van der Waals surface area contributed by atoms with E-state index in [0.717, 1.165) is 12.8 Å². The highest BCUT2D eigenvalue weighted by molar-refractivity contribution is 7.85. The number of rotatable bonds is 13. The summed E-state index contributed by atoms with van der Waals surface area (Å²) < 4.78 is 29.5. The van der Waals surface area contributed by atoms with Crippen molar-refractivity contribution in [2.75, 3.05) is 5.75 Å². The molecule has 0 atom stereocenters. The van der Waals surface area contributed by atoms with Crippen molar-refractivity contribution in [2.24, 2.45) is 0 Å². The summed E-state index contributed by atoms with van der Waals surface area (Å²) in [4.78, 5) is 0. The Hall–Kier alpha value is -0.350. The van der Waals surface area contributed by atoms with Gasteiger partial charge in [0.05, 0.1) is 5.75 Å². The molecule has 0 aromatic rings. The van der Waals surface area contributed by atoms with Crippen LogP contribution in [0.3, 0.4) is 0 Å². The Morgan fingerprint density at radius 2 is 1.26 bits per heavy atom. The van der Waals surface area contributed by atoms with Crippen molar-refractivity contribution in [3.8, 4) is 0 Å². The molecule has 0 saturated heterocycles. The summed E-state index contributed by atoms with van der Waals surface area (Å²) in [6.45, 7) is 2.21. The third kappa shape index (κ3) is 17.6. The van der Waals surface area contributed by atoms with E-state index in [1.165, 1.54) is 51.4 Å². The molecule has 19 heavy (non-hydrogen) atoms. The second-order valence-electron chi connectivity index (χ2n) is 5.16. The van der Waals surface area contributed by atoms with Crippen LogP contribution in [0.2, 0.25) is 0 Å². The van der Waals surface area contributed by atoms with Crippen molar-refractivity contribution in [2.45, 2.75) is 77.6 Å². The van der Waals surface area contributed by atoms with Gasteiger partial charge in [0, 0.05) is 0 Å². The fourth-order valence-corrected chi connectivity index (χ4v) is 2.56. The van der Waals surface area contributed by atoms with Gasteiger partial charge in [-0.3, -0.25) is 4.55 Å². The fourth-order valence-electron chi connectivity index (χ4n) is 1.99. The summed E-state index contributed by atoms with van der Waals surface area (Å²) in [5.41, 5.74) is 0. The molecule has 3 nitrogen and oxygen atoms in total. The molecule has 0 aromatic heterocycles. The fraction of sp³-hybridized carbons (Fsp3) is 0.867. The molecule has 0 aliphatic heterocycles. The standard InChI is InChI=1S/C15H30O3S/c1-2-3-4-5-6-7-8-9-10-11-12-13-14-15-19(16,17)18/h5-6H,2-4,7-15H2,1H3,(H,16,17,18)/b6-5-. The van der Waals surface area contributed by atoms with Gasteiger partial charge in [-0.05, 0) is 25.7 Å². The molecule has 0 heterocycles. The van der Waals surface area contributed by atoms with E-state index >= 15 is 0 Å². The Morgan fingerprint density at radius 3 is 1.79 bits per heavy atom. The average Bonchev–Trinajstić information content (AvgIpc) is 2.34. The first-order valence-electron chi connectivity index (χ1n) is 7.66. The maximum absolute atomic E-state index is 10.5. The van der Waals surface area contributed by atoms with Gasteiger partial charge in [-0.2, -0.15) is 8.42 Å². The zero-order valence-corrected chi connectivity index (χ0v) is 13.1. The molecule has 0 aliphatic carbocycles. The second kappa shape index (κ2) is 12.7. The minimum atomic E-state index is -3.75. The molecule has 0 fully saturated rings. The van der Waals surface area contributed by atoms with Crippen molar-refractivity contribution < 1.29 is 13.0 Å². The number of allylic oxidation sites excluding steroid dienone is 2. The molecule has 4 heteroatoms. The summed E-state index contributed by atoms with van der Waals surface area (Å²) in [7, 11) is -3.75. The summed E-state index contributed by atoms with van der Waals surface area (Å²) in [5, 5.41) is 0. The first-order chi connectivity index (χ1) is 9.06. The van der Waals surface area contributed by atoms with E-state index in [2.05, 4.69) is 19.1 Å². The van der Waals surface area contributed by atoms with Crippen LogP contribution in [0.1, 0.15) is 77.6 Å². The lowest BCUT2D eigenvalue weighted by Gasteiger charge is -2.00. The number of hydrogen-bond donors (Lipinski definition) is 1. The van der Waals surface area contributed by atoms with Gasteiger partial charge in [-0.25, -0.2) is 0 Å². The normalized spacial score (nSPS) is 12.3. The van der Waals surface area contributed by atoms with Crippen LogP contribution in [0.5, 0.6) is 0 Å². The lowest BCUT2D eigenvalue weighted by atomic mass is 10.1. The van der Waals surface area contributed by atoms with Crippen LogP contribution in [0.4, 0.5) is 0 Å². The van der Waals surface area contributed by atoms with Crippen molar-refractivity contribution >= 4 is 10.1 Å². The van der Waals surface area contributed by atoms with Gasteiger partial charge in [0.2, 0.25) is 0 Å². The molecule has 0 bridgehead atoms. The maximum Gasteiger partial charge on any atom is 0.264 e. The molecule has 0 aromatic carbocycles. The highest BCUT2D eigenvalue weighted by Crippen LogP contribution is 2.09. The summed E-state index contributed by atoms with van der Waals surface area (Å²) in [5.74, 6) is -0.0877. The van der Waals surface area contributed by atoms with Gasteiger partial charge in [0.15, 0.2) is 0 Å². The van der Waals surface area contributed by atoms with Crippen molar-refractivity contribution in [1.29, 1.82) is 0 Å². The van der Waals surface area contributed by atoms with E-state index in [9.17, 15) is 8.42 Å². The first kappa shape index (κ1) is 18.7. The van der Waals surface area contributed by atoms with Gasteiger partial charge in [-0.15, -0.1) is 0 Å². The summed E-state index contributed by atoms with van der Waals surface area (Å²) >= 11 is 0. The van der Waals surface area contributed by atoms with Crippen LogP contribution in [-0.4, -0.2) is 18.7 Å². The lowest BCUT2D eigenvalue weighted by molar-refractivity contribution is 0.478. The zero-order valence-electron chi connectivity index (χ0n) is 12.3. The van der Waals surface area contributed by atoms with Gasteiger partial charge in [0.25, 0.3) is 10.1 Å². The van der Waals surface area contributed by atoms with Crippen LogP contribution in [0.25, 0.3) is 0 Å². The first-order valence-corrected chi connectivity index (χ1v) is 9.27. The minimum absolute atomic E-state index is 0.0877. The lowest BCUT2D eigenvalue weighted by Crippen LogP contribution is -2.03. The summed E-state index contributed by atoms with van der Waals surface area (Å²) in [6.07, 6.45) is 17.0. The summed E-state index contributed by atoms with van der Waals surface area (Å²) in [6, 6.07) is 0. The Morgan fingerprint density at radius 1 is 0.789 bits per heavy atom. The quantitative estimate of drug-likeness (QED) is 0.303. The SMILES string of the molecule is CCCC/C=C\CCCCCCCCCS(=O)(=O)O. The molecule has 0 saturated carbocycles. The molecular weight excluding hydrogens is 260 g/mol. The zero-order chi connectivity index (χ0) is 14.4. The third-order valence-electron chi connectivity index (χ3n) is 3.16. The van der Waals surface area contributed by atoms with E-state index in [1.807, 2.05) is 0 Å². The van der Waals surface area contributed by atoms with Gasteiger partial charge in [0.1, 0.15) is 0 Å². The topological polar surface area (TPSA) is 54.4 Å². The second-order valence-corrected chi connectivity index (χ2v) is 6.74. The Balaban J connectivity index is 3.13. The van der Waals surface area contributed by atoms with E-state index in [4.69, 9.17) is 4.55 Å². The smallest absolute Gasteiger partial charge is 0.264 e. The Kier molecular flexibility index (Phi) is 12.4. The maximum atomic E-state index is 10.5. The van der Waals surface area contributed by atoms with Crippen LogP contribution in [0.15, 0.2) is 12.2 Å². The minimum Gasteiger partial charge on any atom is -0.286 e. The number of hydrogen-bond acceptors (Lipinski definition) is 2. The Bertz CT molecular complexity index is 307. The van der Waals surface area contributed by atoms with Gasteiger partial charge >= 0.3 is 0 Å².